The van der Waals surface area contributed by atoms with E-state index in [2.05, 4.69) is 17.4 Å². The lowest BCUT2D eigenvalue weighted by molar-refractivity contribution is 0.370. The van der Waals surface area contributed by atoms with Crippen molar-refractivity contribution in [1.29, 1.82) is 0 Å². The van der Waals surface area contributed by atoms with Crippen LogP contribution in [0.5, 0.6) is 0 Å². The molecule has 0 atom stereocenters. The Labute approximate surface area is 108 Å². The van der Waals surface area contributed by atoms with Crippen molar-refractivity contribution in [3.05, 3.63) is 71.8 Å². The fourth-order valence-corrected chi connectivity index (χ4v) is 1.95. The number of methoxy groups -OCH3 is 1. The van der Waals surface area contributed by atoms with Crippen molar-refractivity contribution in [1.82, 2.24) is 5.32 Å². The van der Waals surface area contributed by atoms with Gasteiger partial charge in [-0.15, -0.1) is 0 Å². The first-order valence-electron chi connectivity index (χ1n) is 5.93. The predicted molar refractivity (Wildman–Crippen MR) is 75.8 cm³/mol. The number of rotatable bonds is 4. The van der Waals surface area contributed by atoms with Crippen LogP contribution in [-0.4, -0.2) is 14.2 Å². The second kappa shape index (κ2) is 5.92. The Bertz CT molecular complexity index is 468. The fourth-order valence-electron chi connectivity index (χ4n) is 1.95. The SMILES string of the molecule is CNC(=C(OC)c1ccccc1)c1ccccc1. The van der Waals surface area contributed by atoms with Crippen LogP contribution in [0.15, 0.2) is 60.7 Å². The summed E-state index contributed by atoms with van der Waals surface area (Å²) in [4.78, 5) is 0. The third kappa shape index (κ3) is 2.54. The molecule has 0 amide bonds. The van der Waals surface area contributed by atoms with E-state index in [9.17, 15) is 0 Å². The van der Waals surface area contributed by atoms with E-state index in [4.69, 9.17) is 4.74 Å². The van der Waals surface area contributed by atoms with Gasteiger partial charge in [-0.05, 0) is 0 Å². The molecule has 0 heterocycles. The van der Waals surface area contributed by atoms with E-state index >= 15 is 0 Å². The quantitative estimate of drug-likeness (QED) is 0.652. The van der Waals surface area contributed by atoms with E-state index < -0.39 is 0 Å². The van der Waals surface area contributed by atoms with Crippen LogP contribution in [0.1, 0.15) is 11.1 Å². The van der Waals surface area contributed by atoms with Gasteiger partial charge in [0.05, 0.1) is 12.8 Å². The standard InChI is InChI=1S/C16H17NO/c1-17-15(13-9-5-3-6-10-13)16(18-2)14-11-7-4-8-12-14/h3-12,17H,1-2H3. The van der Waals surface area contributed by atoms with E-state index in [1.807, 2.05) is 55.6 Å². The van der Waals surface area contributed by atoms with Crippen LogP contribution in [0, 0.1) is 0 Å². The van der Waals surface area contributed by atoms with Crippen LogP contribution in [-0.2, 0) is 4.74 Å². The minimum atomic E-state index is 0.851. The second-order valence-electron chi connectivity index (χ2n) is 3.89. The van der Waals surface area contributed by atoms with Crippen molar-refractivity contribution in [3.8, 4) is 0 Å². The van der Waals surface area contributed by atoms with Crippen molar-refractivity contribution >= 4 is 11.5 Å². The average Bonchev–Trinajstić information content (AvgIpc) is 2.46. The highest BCUT2D eigenvalue weighted by Gasteiger charge is 2.10. The number of benzene rings is 2. The third-order valence-corrected chi connectivity index (χ3v) is 2.78. The summed E-state index contributed by atoms with van der Waals surface area (Å²) in [5, 5.41) is 3.22. The molecule has 0 aliphatic rings. The van der Waals surface area contributed by atoms with Crippen LogP contribution < -0.4 is 5.32 Å². The summed E-state index contributed by atoms with van der Waals surface area (Å²) in [5.74, 6) is 0.851. The second-order valence-corrected chi connectivity index (χ2v) is 3.89. The molecule has 0 aromatic heterocycles. The van der Waals surface area contributed by atoms with E-state index in [0.29, 0.717) is 0 Å². The summed E-state index contributed by atoms with van der Waals surface area (Å²) in [6.07, 6.45) is 0. The molecule has 2 rings (SSSR count). The van der Waals surface area contributed by atoms with Crippen molar-refractivity contribution < 1.29 is 4.74 Å². The zero-order valence-electron chi connectivity index (χ0n) is 10.7. The maximum atomic E-state index is 5.56. The number of hydrogen-bond acceptors (Lipinski definition) is 2. The van der Waals surface area contributed by atoms with Crippen molar-refractivity contribution in [2.24, 2.45) is 0 Å². The molecule has 0 spiro atoms. The molecule has 0 radical (unpaired) electrons. The molecule has 2 nitrogen and oxygen atoms in total. The molecule has 0 saturated heterocycles. The van der Waals surface area contributed by atoms with E-state index in [0.717, 1.165) is 22.6 Å². The molecule has 0 aliphatic heterocycles. The fraction of sp³-hybridized carbons (Fsp3) is 0.125. The Balaban J connectivity index is 2.53. The summed E-state index contributed by atoms with van der Waals surface area (Å²) in [5.41, 5.74) is 3.17. The van der Waals surface area contributed by atoms with E-state index in [1.54, 1.807) is 7.11 Å². The van der Waals surface area contributed by atoms with Gasteiger partial charge in [0.1, 0.15) is 5.76 Å². The molecule has 2 aromatic carbocycles. The molecule has 2 aromatic rings. The maximum Gasteiger partial charge on any atom is 0.149 e. The third-order valence-electron chi connectivity index (χ3n) is 2.78. The average molecular weight is 239 g/mol. The highest BCUT2D eigenvalue weighted by Crippen LogP contribution is 2.24. The molecule has 2 heteroatoms. The maximum absolute atomic E-state index is 5.56. The molecule has 1 N–H and O–H groups in total. The number of hydrogen-bond donors (Lipinski definition) is 1. The number of ether oxygens (including phenoxy) is 1. The number of nitrogens with one attached hydrogen (secondary N) is 1. The first kappa shape index (κ1) is 12.2. The van der Waals surface area contributed by atoms with Gasteiger partial charge in [-0.2, -0.15) is 0 Å². The first-order valence-corrected chi connectivity index (χ1v) is 5.93. The van der Waals surface area contributed by atoms with Crippen molar-refractivity contribution in [2.45, 2.75) is 0 Å². The largest absolute Gasteiger partial charge is 0.494 e. The van der Waals surface area contributed by atoms with Crippen LogP contribution in [0.2, 0.25) is 0 Å². The Kier molecular flexibility index (Phi) is 4.02. The van der Waals surface area contributed by atoms with Gasteiger partial charge in [0.2, 0.25) is 0 Å². The molecule has 0 bridgehead atoms. The lowest BCUT2D eigenvalue weighted by atomic mass is 10.1. The Hall–Kier alpha value is -2.22. The molecular formula is C16H17NO. The van der Waals surface area contributed by atoms with E-state index in [-0.39, 0.29) is 0 Å². The van der Waals surface area contributed by atoms with Gasteiger partial charge in [-0.25, -0.2) is 0 Å². The molecule has 18 heavy (non-hydrogen) atoms. The van der Waals surface area contributed by atoms with Gasteiger partial charge in [-0.3, -0.25) is 0 Å². The lowest BCUT2D eigenvalue weighted by Crippen LogP contribution is -2.08. The summed E-state index contributed by atoms with van der Waals surface area (Å²) in [7, 11) is 3.60. The smallest absolute Gasteiger partial charge is 0.149 e. The summed E-state index contributed by atoms with van der Waals surface area (Å²) in [6, 6.07) is 20.3. The minimum Gasteiger partial charge on any atom is -0.494 e. The van der Waals surface area contributed by atoms with Crippen LogP contribution in [0.3, 0.4) is 0 Å². The minimum absolute atomic E-state index is 0.851. The van der Waals surface area contributed by atoms with Crippen molar-refractivity contribution in [3.63, 3.8) is 0 Å². The van der Waals surface area contributed by atoms with Gasteiger partial charge >= 0.3 is 0 Å². The Morgan fingerprint density at radius 2 is 1.33 bits per heavy atom. The highest BCUT2D eigenvalue weighted by molar-refractivity contribution is 5.86. The Morgan fingerprint density at radius 3 is 1.78 bits per heavy atom. The summed E-state index contributed by atoms with van der Waals surface area (Å²) >= 11 is 0. The Morgan fingerprint density at radius 1 is 0.833 bits per heavy atom. The zero-order valence-corrected chi connectivity index (χ0v) is 10.7. The van der Waals surface area contributed by atoms with Gasteiger partial charge < -0.3 is 10.1 Å². The highest BCUT2D eigenvalue weighted by atomic mass is 16.5. The van der Waals surface area contributed by atoms with Crippen LogP contribution in [0.25, 0.3) is 11.5 Å². The molecular weight excluding hydrogens is 222 g/mol. The molecule has 0 unspecified atom stereocenters. The van der Waals surface area contributed by atoms with Crippen LogP contribution in [0.4, 0.5) is 0 Å². The van der Waals surface area contributed by atoms with Gasteiger partial charge in [0.25, 0.3) is 0 Å². The predicted octanol–water partition coefficient (Wildman–Crippen LogP) is 3.38. The molecule has 0 aliphatic carbocycles. The van der Waals surface area contributed by atoms with Crippen LogP contribution >= 0.6 is 0 Å². The topological polar surface area (TPSA) is 21.3 Å². The monoisotopic (exact) mass is 239 g/mol. The lowest BCUT2D eigenvalue weighted by Gasteiger charge is -2.14. The molecule has 0 fully saturated rings. The van der Waals surface area contributed by atoms with Crippen molar-refractivity contribution in [2.75, 3.05) is 14.2 Å². The van der Waals surface area contributed by atoms with Gasteiger partial charge in [0, 0.05) is 18.2 Å². The molecule has 0 saturated carbocycles. The molecule has 92 valence electrons. The van der Waals surface area contributed by atoms with Gasteiger partial charge in [-0.1, -0.05) is 60.7 Å². The first-order chi connectivity index (χ1) is 8.86. The zero-order chi connectivity index (χ0) is 12.8. The normalized spacial score (nSPS) is 11.7. The summed E-state index contributed by atoms with van der Waals surface area (Å²) < 4.78 is 5.56. The summed E-state index contributed by atoms with van der Waals surface area (Å²) in [6.45, 7) is 0. The van der Waals surface area contributed by atoms with Gasteiger partial charge in [0.15, 0.2) is 0 Å². The van der Waals surface area contributed by atoms with E-state index in [1.165, 1.54) is 0 Å².